The minimum Gasteiger partial charge on any atom is -0.285 e. The third kappa shape index (κ3) is 16.2. The summed E-state index contributed by atoms with van der Waals surface area (Å²) in [6.45, 7) is 9.62. The van der Waals surface area contributed by atoms with Crippen molar-refractivity contribution < 1.29 is 18.3 Å². The van der Waals surface area contributed by atoms with E-state index in [1.807, 2.05) is 0 Å². The topological polar surface area (TPSA) is 25.0 Å². The Morgan fingerprint density at radius 2 is 0.452 bits per heavy atom. The Morgan fingerprint density at radius 1 is 0.191 bits per heavy atom. The van der Waals surface area contributed by atoms with E-state index in [9.17, 15) is 0 Å². The number of hydrogen-bond acceptors (Lipinski definition) is 4. The Labute approximate surface area is 676 Å². The third-order valence-electron chi connectivity index (χ3n) is 21.7. The molecule has 0 aromatic heterocycles. The zero-order valence-electron chi connectivity index (χ0n) is 65.1. The van der Waals surface area contributed by atoms with Gasteiger partial charge in [0, 0.05) is 51.6 Å². The van der Waals surface area contributed by atoms with E-state index in [0.29, 0.717) is 6.67 Å². The second-order valence-corrected chi connectivity index (χ2v) is 29.2. The van der Waals surface area contributed by atoms with Gasteiger partial charge < -0.3 is 0 Å². The van der Waals surface area contributed by atoms with Crippen molar-refractivity contribution in [3.8, 4) is 44.5 Å². The number of hydrogen-bond donors (Lipinski definition) is 0. The van der Waals surface area contributed by atoms with Crippen LogP contribution in [0.1, 0.15) is 38.9 Å². The minimum absolute atomic E-state index is 0.700. The average molecular weight is 1490 g/mol. The second kappa shape index (κ2) is 34.3. The number of anilines is 8. The molecule has 4 heterocycles. The summed E-state index contributed by atoms with van der Waals surface area (Å²) in [7, 11) is 0. The van der Waals surface area contributed by atoms with Gasteiger partial charge in [-0.05, 0) is 164 Å². The van der Waals surface area contributed by atoms with Crippen LogP contribution in [0.25, 0.3) is 44.5 Å². The van der Waals surface area contributed by atoms with E-state index >= 15 is 0 Å². The molecule has 554 valence electrons. The van der Waals surface area contributed by atoms with Crippen LogP contribution in [0, 0.1) is 20.8 Å². The van der Waals surface area contributed by atoms with Crippen molar-refractivity contribution in [2.24, 2.45) is 0 Å². The van der Waals surface area contributed by atoms with Crippen molar-refractivity contribution in [3.05, 3.63) is 458 Å². The molecule has 0 fully saturated rings. The highest BCUT2D eigenvalue weighted by atomic mass is 15.3. The standard InChI is InChI=1S/C38H29N2.C26H21N2.C22H21N2.C21H19N2/c1-5-15-29(16-6-1)33-25-35(30-17-7-2-8-18-30)38(36(26-33)31-19-9-3-10-20-31)39-27-32-21-13-14-24-37(32)40(28-39)34-22-11-4-12-23-34;1-3-11-21(12-4-1)24-16-8-10-18-26(24)27-19-22-13-7-9-17-25(22)28(20-27)23-14-5-2-6-15-23;1-17-9-8-10-18(2)22(17)23-15-19-11-6-7-14-21(19)24(16-23)20-12-4-3-5-13-20;1-17-9-5-7-13-20(17)22-15-18-10-6-8-14-21(18)23(16-22)19-11-3-2-4-12-19/h1-27H,28H2;1-19H,20H2;3-15H,16H2,1-2H3;2-15H,16H2,1H3/q4*+1. The van der Waals surface area contributed by atoms with Gasteiger partial charge in [0.2, 0.25) is 49.4 Å². The maximum atomic E-state index is 2.43. The van der Waals surface area contributed by atoms with Gasteiger partial charge in [0.1, 0.15) is 0 Å². The smallest absolute Gasteiger partial charge is 0.228 e. The zero-order chi connectivity index (χ0) is 77.7. The molecule has 20 rings (SSSR count). The Morgan fingerprint density at radius 3 is 0.826 bits per heavy atom. The highest BCUT2D eigenvalue weighted by Gasteiger charge is 2.34. The minimum atomic E-state index is 0.700. The molecule has 0 atom stereocenters. The fourth-order valence-electron chi connectivity index (χ4n) is 16.1. The van der Waals surface area contributed by atoms with Crippen molar-refractivity contribution >= 4 is 93.1 Å². The van der Waals surface area contributed by atoms with Gasteiger partial charge in [0.15, 0.2) is 24.9 Å². The molecule has 0 radical (unpaired) electrons. The van der Waals surface area contributed by atoms with Crippen molar-refractivity contribution in [2.45, 2.75) is 20.8 Å². The fraction of sp³-hybridized carbons (Fsp3) is 0.0654. The summed E-state index contributed by atoms with van der Waals surface area (Å²) in [6, 6.07) is 148. The van der Waals surface area contributed by atoms with Crippen LogP contribution in [0.15, 0.2) is 419 Å². The van der Waals surface area contributed by atoms with Gasteiger partial charge in [-0.1, -0.05) is 291 Å². The van der Waals surface area contributed by atoms with E-state index < -0.39 is 0 Å². The Balaban J connectivity index is 0.000000114. The number of fused-ring (bicyclic) bond motifs is 4. The molecule has 0 bridgehead atoms. The first-order valence-corrected chi connectivity index (χ1v) is 39.5. The molecule has 16 aromatic rings. The highest BCUT2D eigenvalue weighted by Crippen LogP contribution is 2.46. The van der Waals surface area contributed by atoms with Crippen LogP contribution in [-0.4, -0.2) is 69.8 Å². The second-order valence-electron chi connectivity index (χ2n) is 29.2. The predicted octanol–water partition coefficient (Wildman–Crippen LogP) is 25.8. The average Bonchev–Trinajstić information content (AvgIpc) is 0.498. The summed E-state index contributed by atoms with van der Waals surface area (Å²) in [5.41, 5.74) is 33.3. The molecule has 0 amide bonds. The van der Waals surface area contributed by atoms with Crippen LogP contribution in [0.2, 0.25) is 0 Å². The van der Waals surface area contributed by atoms with Crippen LogP contribution in [0.3, 0.4) is 0 Å². The van der Waals surface area contributed by atoms with Crippen molar-refractivity contribution in [2.75, 3.05) is 46.3 Å². The molecular formula is C107H90N8+4. The van der Waals surface area contributed by atoms with Crippen LogP contribution in [0.4, 0.5) is 68.2 Å². The number of benzene rings is 16. The first kappa shape index (κ1) is 73.2. The summed E-state index contributed by atoms with van der Waals surface area (Å²) in [6.07, 6.45) is 9.09. The van der Waals surface area contributed by atoms with E-state index in [-0.39, 0.29) is 0 Å². The number of aryl methyl sites for hydroxylation is 3. The SMILES string of the molecule is C1=[N+](c2c(-c3ccccc3)cc(-c3ccccc3)cc2-c2ccccc2)CN(c2ccccc2)c2ccccc21.C1=[N+](c2ccccc2-c2ccccc2)CN(c2ccccc2)c2ccccc21.Cc1cccc(C)c1[N+]1=Cc2ccccc2N(c2ccccc2)C1.Cc1ccccc1[N+]1=Cc2ccccc2N(c2ccccc2)C1. The van der Waals surface area contributed by atoms with E-state index in [2.05, 4.69) is 502 Å². The normalized spacial score (nSPS) is 13.0. The van der Waals surface area contributed by atoms with Gasteiger partial charge in [-0.3, -0.25) is 19.6 Å². The maximum Gasteiger partial charge on any atom is 0.228 e. The summed E-state index contributed by atoms with van der Waals surface area (Å²) in [5, 5.41) is 0. The molecule has 0 N–H and O–H groups in total. The molecule has 16 aromatic carbocycles. The fourth-order valence-corrected chi connectivity index (χ4v) is 16.1. The maximum absolute atomic E-state index is 2.43. The Kier molecular flexibility index (Phi) is 21.9. The van der Waals surface area contributed by atoms with Gasteiger partial charge in [-0.15, -0.1) is 0 Å². The molecule has 115 heavy (non-hydrogen) atoms. The molecule has 0 spiro atoms. The summed E-state index contributed by atoms with van der Waals surface area (Å²) in [4.78, 5) is 9.52. The Hall–Kier alpha value is -14.6. The molecule has 0 saturated heterocycles. The molecule has 4 aliphatic heterocycles. The predicted molar refractivity (Wildman–Crippen MR) is 482 cm³/mol. The molecular weight excluding hydrogens is 1400 g/mol. The van der Waals surface area contributed by atoms with Crippen LogP contribution < -0.4 is 19.6 Å². The van der Waals surface area contributed by atoms with Gasteiger partial charge in [0.25, 0.3) is 0 Å². The lowest BCUT2D eigenvalue weighted by Gasteiger charge is -2.28. The van der Waals surface area contributed by atoms with E-state index in [1.54, 1.807) is 0 Å². The highest BCUT2D eigenvalue weighted by molar-refractivity contribution is 5.96. The lowest BCUT2D eigenvalue weighted by atomic mass is 9.90. The van der Waals surface area contributed by atoms with E-state index in [0.717, 1.165) is 20.0 Å². The summed E-state index contributed by atoms with van der Waals surface area (Å²) < 4.78 is 9.46. The molecule has 0 aliphatic carbocycles. The van der Waals surface area contributed by atoms with Crippen LogP contribution in [-0.2, 0) is 0 Å². The molecule has 4 aliphatic rings. The van der Waals surface area contributed by atoms with Gasteiger partial charge in [0.05, 0.1) is 61.7 Å². The quantitative estimate of drug-likeness (QED) is 0.114. The van der Waals surface area contributed by atoms with Crippen LogP contribution >= 0.6 is 0 Å². The number of para-hydroxylation sites is 11. The van der Waals surface area contributed by atoms with Gasteiger partial charge in [-0.2, -0.15) is 18.3 Å². The third-order valence-corrected chi connectivity index (χ3v) is 21.7. The van der Waals surface area contributed by atoms with E-state index in [1.165, 1.54) is 152 Å². The summed E-state index contributed by atoms with van der Waals surface area (Å²) >= 11 is 0. The molecule has 0 saturated carbocycles. The zero-order valence-corrected chi connectivity index (χ0v) is 65.1. The molecule has 0 unspecified atom stereocenters. The number of rotatable bonds is 12. The van der Waals surface area contributed by atoms with E-state index in [4.69, 9.17) is 0 Å². The molecule has 8 heteroatoms. The van der Waals surface area contributed by atoms with Crippen molar-refractivity contribution in [1.29, 1.82) is 0 Å². The first-order chi connectivity index (χ1) is 56.8. The lowest BCUT2D eigenvalue weighted by molar-refractivity contribution is -0.435. The Bertz CT molecular complexity index is 6110. The largest absolute Gasteiger partial charge is 0.285 e. The monoisotopic (exact) mass is 1490 g/mol. The van der Waals surface area contributed by atoms with Crippen molar-refractivity contribution in [3.63, 3.8) is 0 Å². The number of nitrogens with zero attached hydrogens (tertiary/aromatic N) is 8. The summed E-state index contributed by atoms with van der Waals surface area (Å²) in [5.74, 6) is 0. The van der Waals surface area contributed by atoms with Crippen LogP contribution in [0.5, 0.6) is 0 Å². The molecule has 8 nitrogen and oxygen atoms in total. The van der Waals surface area contributed by atoms with Crippen molar-refractivity contribution in [1.82, 2.24) is 0 Å². The van der Waals surface area contributed by atoms with Gasteiger partial charge >= 0.3 is 0 Å². The first-order valence-electron chi connectivity index (χ1n) is 39.5. The lowest BCUT2D eigenvalue weighted by Crippen LogP contribution is -2.32. The van der Waals surface area contributed by atoms with Gasteiger partial charge in [-0.25, -0.2) is 0 Å².